The number of esters is 1. The minimum Gasteiger partial charge on any atom is -0.496 e. The van der Waals surface area contributed by atoms with Gasteiger partial charge in [0.15, 0.2) is 5.41 Å². The summed E-state index contributed by atoms with van der Waals surface area (Å²) in [4.78, 5) is 13.2. The van der Waals surface area contributed by atoms with Crippen LogP contribution in [0.1, 0.15) is 37.7 Å². The lowest BCUT2D eigenvalue weighted by Crippen LogP contribution is -2.54. The summed E-state index contributed by atoms with van der Waals surface area (Å²) < 4.78 is 10.8. The van der Waals surface area contributed by atoms with E-state index in [1.165, 1.54) is 0 Å². The zero-order chi connectivity index (χ0) is 20.3. The third kappa shape index (κ3) is 2.77. The number of fused-ring (bicyclic) bond motifs is 1. The fraction of sp³-hybridized carbons (Fsp3) is 0.455. The van der Waals surface area contributed by atoms with Crippen molar-refractivity contribution < 1.29 is 14.3 Å². The highest BCUT2D eigenvalue weighted by molar-refractivity contribution is 6.07. The van der Waals surface area contributed by atoms with Crippen LogP contribution in [0.15, 0.2) is 35.9 Å². The molecule has 1 aromatic carbocycles. The maximum Gasteiger partial charge on any atom is 0.328 e. The lowest BCUT2D eigenvalue weighted by molar-refractivity contribution is -0.155. The van der Waals surface area contributed by atoms with Gasteiger partial charge in [-0.1, -0.05) is 24.3 Å². The first-order chi connectivity index (χ1) is 13.6. The van der Waals surface area contributed by atoms with Crippen LogP contribution in [0.2, 0.25) is 0 Å². The molecular formula is C22H23N3O3. The first-order valence-corrected chi connectivity index (χ1v) is 9.46. The van der Waals surface area contributed by atoms with Gasteiger partial charge in [0, 0.05) is 11.5 Å². The number of rotatable bonds is 4. The summed E-state index contributed by atoms with van der Waals surface area (Å²) in [7, 11) is 1.54. The van der Waals surface area contributed by atoms with Gasteiger partial charge in [-0.3, -0.25) is 4.79 Å². The van der Waals surface area contributed by atoms with Crippen LogP contribution in [0.5, 0.6) is 5.75 Å². The molecule has 0 spiro atoms. The quantitative estimate of drug-likeness (QED) is 0.804. The Balaban J connectivity index is 2.34. The number of para-hydroxylation sites is 1. The van der Waals surface area contributed by atoms with Crippen LogP contribution in [0, 0.1) is 45.3 Å². The average molecular weight is 377 g/mol. The number of ether oxygens (including phenoxy) is 2. The van der Waals surface area contributed by atoms with Crippen molar-refractivity contribution in [2.75, 3.05) is 13.7 Å². The number of nitrogens with one attached hydrogen (secondary N) is 1. The van der Waals surface area contributed by atoms with Gasteiger partial charge in [0.25, 0.3) is 0 Å². The van der Waals surface area contributed by atoms with Crippen LogP contribution in [0.25, 0.3) is 0 Å². The van der Waals surface area contributed by atoms with E-state index in [0.717, 1.165) is 24.8 Å². The summed E-state index contributed by atoms with van der Waals surface area (Å²) in [6.45, 7) is 1.77. The van der Waals surface area contributed by atoms with Gasteiger partial charge < -0.3 is 14.9 Å². The molecule has 4 atom stereocenters. The molecule has 1 saturated carbocycles. The van der Waals surface area contributed by atoms with Crippen molar-refractivity contribution >= 4 is 11.7 Å². The Morgan fingerprint density at radius 2 is 2.11 bits per heavy atom. The summed E-state index contributed by atoms with van der Waals surface area (Å²) in [6, 6.07) is 11.5. The predicted octanol–water partition coefficient (Wildman–Crippen LogP) is 3.75. The molecule has 1 N–H and O–H groups in total. The molecule has 0 amide bonds. The molecule has 0 aromatic heterocycles. The van der Waals surface area contributed by atoms with Gasteiger partial charge in [-0.05, 0) is 43.7 Å². The second kappa shape index (κ2) is 7.86. The Kier molecular flexibility index (Phi) is 5.51. The summed E-state index contributed by atoms with van der Waals surface area (Å²) in [5, 5.41) is 28.8. The summed E-state index contributed by atoms with van der Waals surface area (Å²) in [6.07, 6.45) is 4.44. The Labute approximate surface area is 164 Å². The van der Waals surface area contributed by atoms with Gasteiger partial charge in [0.1, 0.15) is 11.7 Å². The molecule has 6 nitrogen and oxygen atoms in total. The predicted molar refractivity (Wildman–Crippen MR) is 103 cm³/mol. The highest BCUT2D eigenvalue weighted by Crippen LogP contribution is 2.58. The normalized spacial score (nSPS) is 28.9. The highest BCUT2D eigenvalue weighted by atomic mass is 16.5. The first kappa shape index (κ1) is 19.6. The van der Waals surface area contributed by atoms with Crippen LogP contribution < -0.4 is 4.74 Å². The number of carbonyl (C=O) groups is 1. The fourth-order valence-corrected chi connectivity index (χ4v) is 4.68. The maximum absolute atomic E-state index is 13.2. The molecule has 1 unspecified atom stereocenters. The van der Waals surface area contributed by atoms with Crippen molar-refractivity contribution in [3.05, 3.63) is 41.5 Å². The second-order valence-electron chi connectivity index (χ2n) is 7.09. The van der Waals surface area contributed by atoms with Gasteiger partial charge in [-0.25, -0.2) is 0 Å². The largest absolute Gasteiger partial charge is 0.496 e. The van der Waals surface area contributed by atoms with Crippen molar-refractivity contribution in [3.63, 3.8) is 0 Å². The third-order valence-electron chi connectivity index (χ3n) is 5.83. The molecule has 0 aliphatic heterocycles. The number of carbonyl (C=O) groups excluding carboxylic acids is 1. The monoisotopic (exact) mass is 377 g/mol. The number of nitrogens with zero attached hydrogens (tertiary/aromatic N) is 2. The van der Waals surface area contributed by atoms with Crippen LogP contribution in [-0.4, -0.2) is 25.4 Å². The van der Waals surface area contributed by atoms with Crippen LogP contribution in [0.4, 0.5) is 0 Å². The van der Waals surface area contributed by atoms with E-state index in [4.69, 9.17) is 14.9 Å². The van der Waals surface area contributed by atoms with Gasteiger partial charge in [-0.15, -0.1) is 0 Å². The van der Waals surface area contributed by atoms with Gasteiger partial charge in [0.05, 0.1) is 31.6 Å². The van der Waals surface area contributed by atoms with Gasteiger partial charge in [0.2, 0.25) is 0 Å². The van der Waals surface area contributed by atoms with Crippen molar-refractivity contribution in [2.45, 2.75) is 32.1 Å². The Bertz CT molecular complexity index is 908. The van der Waals surface area contributed by atoms with E-state index in [-0.39, 0.29) is 18.2 Å². The average Bonchev–Trinajstić information content (AvgIpc) is 2.73. The van der Waals surface area contributed by atoms with Crippen LogP contribution >= 0.6 is 0 Å². The molecule has 1 fully saturated rings. The number of nitriles is 2. The SMILES string of the molecule is CCOC(=O)[C@]1(C#N)C(C#N)C(=N)C2=CCCC[C@H]2[C@@H]1c1ccccc1OC. The van der Waals surface area contributed by atoms with E-state index < -0.39 is 23.2 Å². The lowest BCUT2D eigenvalue weighted by Gasteiger charge is -2.47. The maximum atomic E-state index is 13.2. The fourth-order valence-electron chi connectivity index (χ4n) is 4.68. The third-order valence-corrected chi connectivity index (χ3v) is 5.83. The zero-order valence-corrected chi connectivity index (χ0v) is 16.1. The van der Waals surface area contributed by atoms with E-state index in [2.05, 4.69) is 12.1 Å². The highest BCUT2D eigenvalue weighted by Gasteiger charge is 2.63. The standard InChI is InChI=1S/C22H23N3O3/c1-3-28-21(26)22(13-24)17(12-23)20(25)15-9-5-4-8-14(15)19(22)16-10-6-7-11-18(16)27-2/h6-7,9-11,14,17,19,25H,3-5,8H2,1-2H3/t14-,17?,19-,22-/m1/s1. The van der Waals surface area contributed by atoms with E-state index in [1.54, 1.807) is 20.1 Å². The topological polar surface area (TPSA) is 107 Å². The molecular weight excluding hydrogens is 354 g/mol. The summed E-state index contributed by atoms with van der Waals surface area (Å²) in [5.41, 5.74) is -0.266. The van der Waals surface area contributed by atoms with Gasteiger partial charge >= 0.3 is 5.97 Å². The van der Waals surface area contributed by atoms with E-state index in [1.807, 2.05) is 24.3 Å². The molecule has 1 aromatic rings. The number of allylic oxidation sites excluding steroid dienone is 2. The molecule has 144 valence electrons. The molecule has 0 heterocycles. The summed E-state index contributed by atoms with van der Waals surface area (Å²) in [5.74, 6) is -2.22. The van der Waals surface area contributed by atoms with Crippen LogP contribution in [-0.2, 0) is 9.53 Å². The Morgan fingerprint density at radius 3 is 2.75 bits per heavy atom. The lowest BCUT2D eigenvalue weighted by atomic mass is 9.51. The minimum atomic E-state index is -1.80. The molecule has 6 heteroatoms. The number of benzene rings is 1. The molecule has 0 saturated heterocycles. The van der Waals surface area contributed by atoms with E-state index >= 15 is 0 Å². The molecule has 28 heavy (non-hydrogen) atoms. The number of hydrogen-bond acceptors (Lipinski definition) is 6. The molecule has 0 bridgehead atoms. The van der Waals surface area contributed by atoms with Crippen molar-refractivity contribution in [2.24, 2.45) is 17.3 Å². The van der Waals surface area contributed by atoms with Crippen molar-refractivity contribution in [3.8, 4) is 17.9 Å². The van der Waals surface area contributed by atoms with Crippen LogP contribution in [0.3, 0.4) is 0 Å². The zero-order valence-electron chi connectivity index (χ0n) is 16.1. The Morgan fingerprint density at radius 1 is 1.36 bits per heavy atom. The smallest absolute Gasteiger partial charge is 0.328 e. The Hall–Kier alpha value is -3.12. The molecule has 2 aliphatic rings. The van der Waals surface area contributed by atoms with Gasteiger partial charge in [-0.2, -0.15) is 10.5 Å². The number of methoxy groups -OCH3 is 1. The second-order valence-corrected chi connectivity index (χ2v) is 7.09. The van der Waals surface area contributed by atoms with Crippen molar-refractivity contribution in [1.29, 1.82) is 15.9 Å². The molecule has 0 radical (unpaired) electrons. The molecule has 2 aliphatic carbocycles. The van der Waals surface area contributed by atoms with Crippen molar-refractivity contribution in [1.82, 2.24) is 0 Å². The summed E-state index contributed by atoms with van der Waals surface area (Å²) >= 11 is 0. The van der Waals surface area contributed by atoms with E-state index in [0.29, 0.717) is 11.3 Å². The van der Waals surface area contributed by atoms with E-state index in [9.17, 15) is 15.3 Å². The minimum absolute atomic E-state index is 0.0629. The first-order valence-electron chi connectivity index (χ1n) is 9.46. The number of hydrogen-bond donors (Lipinski definition) is 1. The molecule has 3 rings (SSSR count).